The third-order valence-corrected chi connectivity index (χ3v) is 4.51. The van der Waals surface area contributed by atoms with Crippen molar-refractivity contribution < 1.29 is 0 Å². The van der Waals surface area contributed by atoms with Crippen LogP contribution in [0.15, 0.2) is 54.6 Å². The predicted octanol–water partition coefficient (Wildman–Crippen LogP) is 3.82. The van der Waals surface area contributed by atoms with Crippen molar-refractivity contribution >= 4 is 11.3 Å². The van der Waals surface area contributed by atoms with Gasteiger partial charge in [0.2, 0.25) is 0 Å². The number of aromatic nitrogens is 2. The van der Waals surface area contributed by atoms with E-state index >= 15 is 0 Å². The largest absolute Gasteiger partial charge is 0.307 e. The molecule has 0 amide bonds. The first-order valence-corrected chi connectivity index (χ1v) is 7.73. The van der Waals surface area contributed by atoms with Crippen LogP contribution in [0, 0.1) is 6.92 Å². The molecule has 0 saturated carbocycles. The maximum Gasteiger partial charge on any atom is 0.148 e. The lowest BCUT2D eigenvalue weighted by Crippen LogP contribution is -2.17. The topological polar surface area (TPSA) is 37.8 Å². The van der Waals surface area contributed by atoms with Gasteiger partial charge in [-0.3, -0.25) is 0 Å². The van der Waals surface area contributed by atoms with E-state index < -0.39 is 0 Å². The summed E-state index contributed by atoms with van der Waals surface area (Å²) in [6.45, 7) is 2.10. The fourth-order valence-corrected chi connectivity index (χ4v) is 3.42. The molecular weight excluding hydrogens is 278 g/mol. The second-order valence-electron chi connectivity index (χ2n) is 4.89. The van der Waals surface area contributed by atoms with Gasteiger partial charge in [0.05, 0.1) is 6.04 Å². The number of aryl methyl sites for hydroxylation is 1. The van der Waals surface area contributed by atoms with Crippen LogP contribution in [0.2, 0.25) is 0 Å². The molecule has 0 aliphatic carbocycles. The molecule has 1 N–H and O–H groups in total. The summed E-state index contributed by atoms with van der Waals surface area (Å²) >= 11 is 1.64. The van der Waals surface area contributed by atoms with Gasteiger partial charge < -0.3 is 5.32 Å². The van der Waals surface area contributed by atoms with Crippen molar-refractivity contribution in [3.05, 3.63) is 70.7 Å². The highest BCUT2D eigenvalue weighted by Gasteiger charge is 2.18. The van der Waals surface area contributed by atoms with Gasteiger partial charge >= 0.3 is 0 Å². The van der Waals surface area contributed by atoms with Gasteiger partial charge in [0.1, 0.15) is 10.0 Å². The molecule has 4 heteroatoms. The Labute approximate surface area is 128 Å². The predicted molar refractivity (Wildman–Crippen MR) is 87.4 cm³/mol. The molecule has 1 aromatic heterocycles. The summed E-state index contributed by atoms with van der Waals surface area (Å²) in [7, 11) is 1.95. The number of rotatable bonds is 4. The fourth-order valence-electron chi connectivity index (χ4n) is 2.35. The Bertz CT molecular complexity index is 722. The minimum Gasteiger partial charge on any atom is -0.307 e. The average molecular weight is 295 g/mol. The highest BCUT2D eigenvalue weighted by atomic mass is 32.1. The van der Waals surface area contributed by atoms with Crippen molar-refractivity contribution in [1.29, 1.82) is 0 Å². The van der Waals surface area contributed by atoms with Gasteiger partial charge in [0.15, 0.2) is 0 Å². The van der Waals surface area contributed by atoms with Crippen molar-refractivity contribution in [2.75, 3.05) is 7.05 Å². The Hall–Kier alpha value is -2.04. The van der Waals surface area contributed by atoms with Gasteiger partial charge in [-0.15, -0.1) is 10.2 Å². The van der Waals surface area contributed by atoms with Crippen molar-refractivity contribution in [3.8, 4) is 10.6 Å². The summed E-state index contributed by atoms with van der Waals surface area (Å²) in [4.78, 5) is 0. The third-order valence-electron chi connectivity index (χ3n) is 3.48. The maximum absolute atomic E-state index is 4.39. The quantitative estimate of drug-likeness (QED) is 0.795. The molecule has 106 valence electrons. The van der Waals surface area contributed by atoms with E-state index in [1.807, 2.05) is 37.4 Å². The number of hydrogen-bond acceptors (Lipinski definition) is 4. The first-order chi connectivity index (χ1) is 10.3. The lowest BCUT2D eigenvalue weighted by molar-refractivity contribution is 0.678. The van der Waals surface area contributed by atoms with E-state index in [-0.39, 0.29) is 6.04 Å². The molecule has 1 heterocycles. The lowest BCUT2D eigenvalue weighted by Gasteiger charge is -2.12. The second-order valence-corrected chi connectivity index (χ2v) is 5.90. The first-order valence-electron chi connectivity index (χ1n) is 6.91. The highest BCUT2D eigenvalue weighted by Crippen LogP contribution is 2.31. The lowest BCUT2D eigenvalue weighted by atomic mass is 10.1. The zero-order chi connectivity index (χ0) is 14.7. The average Bonchev–Trinajstić information content (AvgIpc) is 2.99. The van der Waals surface area contributed by atoms with Crippen LogP contribution in [0.4, 0.5) is 0 Å². The Morgan fingerprint density at radius 3 is 2.38 bits per heavy atom. The van der Waals surface area contributed by atoms with Crippen molar-refractivity contribution in [1.82, 2.24) is 15.5 Å². The second kappa shape index (κ2) is 6.16. The molecule has 0 bridgehead atoms. The van der Waals surface area contributed by atoms with E-state index in [1.54, 1.807) is 11.3 Å². The van der Waals surface area contributed by atoms with Crippen LogP contribution >= 0.6 is 11.3 Å². The van der Waals surface area contributed by atoms with Gasteiger partial charge in [0, 0.05) is 5.56 Å². The number of benzene rings is 2. The summed E-state index contributed by atoms with van der Waals surface area (Å²) < 4.78 is 0. The van der Waals surface area contributed by atoms with Crippen LogP contribution < -0.4 is 5.32 Å². The molecule has 0 aliphatic heterocycles. The standard InChI is InChI=1S/C17H17N3S/c1-12-8-6-7-11-14(12)16-19-20-17(21-16)15(18-2)13-9-4-3-5-10-13/h3-11,15,18H,1-2H3. The molecule has 0 aliphatic rings. The Morgan fingerprint density at radius 1 is 0.952 bits per heavy atom. The molecule has 3 rings (SSSR count). The Morgan fingerprint density at radius 2 is 1.67 bits per heavy atom. The molecule has 0 radical (unpaired) electrons. The molecule has 1 unspecified atom stereocenters. The zero-order valence-corrected chi connectivity index (χ0v) is 12.9. The van der Waals surface area contributed by atoms with E-state index in [2.05, 4.69) is 46.7 Å². The summed E-state index contributed by atoms with van der Waals surface area (Å²) in [6.07, 6.45) is 0. The summed E-state index contributed by atoms with van der Waals surface area (Å²) in [5.41, 5.74) is 3.58. The van der Waals surface area contributed by atoms with E-state index in [1.165, 1.54) is 11.1 Å². The van der Waals surface area contributed by atoms with Crippen LogP contribution in [0.1, 0.15) is 22.2 Å². The molecule has 0 spiro atoms. The van der Waals surface area contributed by atoms with E-state index in [9.17, 15) is 0 Å². The van der Waals surface area contributed by atoms with Gasteiger partial charge in [-0.25, -0.2) is 0 Å². The number of nitrogens with one attached hydrogen (secondary N) is 1. The molecule has 1 atom stereocenters. The summed E-state index contributed by atoms with van der Waals surface area (Å²) in [5, 5.41) is 14.0. The van der Waals surface area contributed by atoms with E-state index in [0.717, 1.165) is 15.6 Å². The zero-order valence-electron chi connectivity index (χ0n) is 12.1. The molecule has 3 aromatic rings. The van der Waals surface area contributed by atoms with Gasteiger partial charge in [0.25, 0.3) is 0 Å². The van der Waals surface area contributed by atoms with Crippen molar-refractivity contribution in [2.24, 2.45) is 0 Å². The minimum atomic E-state index is 0.0847. The van der Waals surface area contributed by atoms with Gasteiger partial charge in [-0.1, -0.05) is 65.9 Å². The number of nitrogens with zero attached hydrogens (tertiary/aromatic N) is 2. The van der Waals surface area contributed by atoms with Crippen molar-refractivity contribution in [3.63, 3.8) is 0 Å². The van der Waals surface area contributed by atoms with Crippen LogP contribution in [0.3, 0.4) is 0 Å². The smallest absolute Gasteiger partial charge is 0.148 e. The van der Waals surface area contributed by atoms with Crippen LogP contribution in [-0.4, -0.2) is 17.2 Å². The minimum absolute atomic E-state index is 0.0847. The SMILES string of the molecule is CNC(c1ccccc1)c1nnc(-c2ccccc2C)s1. The Balaban J connectivity index is 1.96. The van der Waals surface area contributed by atoms with E-state index in [0.29, 0.717) is 0 Å². The summed E-state index contributed by atoms with van der Waals surface area (Å²) in [6, 6.07) is 18.7. The molecule has 21 heavy (non-hydrogen) atoms. The normalized spacial score (nSPS) is 12.3. The van der Waals surface area contributed by atoms with Crippen LogP contribution in [0.25, 0.3) is 10.6 Å². The van der Waals surface area contributed by atoms with Crippen LogP contribution in [-0.2, 0) is 0 Å². The molecule has 2 aromatic carbocycles. The Kier molecular flexibility index (Phi) is 4.08. The molecule has 0 saturated heterocycles. The number of hydrogen-bond donors (Lipinski definition) is 1. The fraction of sp³-hybridized carbons (Fsp3) is 0.176. The molecule has 0 fully saturated rings. The highest BCUT2D eigenvalue weighted by molar-refractivity contribution is 7.14. The molecular formula is C17H17N3S. The monoisotopic (exact) mass is 295 g/mol. The molecule has 3 nitrogen and oxygen atoms in total. The summed E-state index contributed by atoms with van der Waals surface area (Å²) in [5.74, 6) is 0. The third kappa shape index (κ3) is 2.86. The van der Waals surface area contributed by atoms with Gasteiger partial charge in [-0.05, 0) is 25.1 Å². The van der Waals surface area contributed by atoms with Crippen LogP contribution in [0.5, 0.6) is 0 Å². The first kappa shape index (κ1) is 13.9. The van der Waals surface area contributed by atoms with Gasteiger partial charge in [-0.2, -0.15) is 0 Å². The van der Waals surface area contributed by atoms with E-state index in [4.69, 9.17) is 0 Å². The maximum atomic E-state index is 4.39. The van der Waals surface area contributed by atoms with Crippen molar-refractivity contribution in [2.45, 2.75) is 13.0 Å².